The van der Waals surface area contributed by atoms with Gasteiger partial charge < -0.3 is 9.84 Å². The van der Waals surface area contributed by atoms with Crippen LogP contribution in [0.5, 0.6) is 0 Å². The molecule has 5 heteroatoms. The third kappa shape index (κ3) is 4.91. The first-order valence-corrected chi connectivity index (χ1v) is 9.60. The van der Waals surface area contributed by atoms with Gasteiger partial charge in [-0.1, -0.05) is 54.6 Å². The second-order valence-corrected chi connectivity index (χ2v) is 8.36. The Kier molecular flexibility index (Phi) is 5.73. The maximum atomic E-state index is 12.4. The zero-order chi connectivity index (χ0) is 20.3. The van der Waals surface area contributed by atoms with Crippen molar-refractivity contribution in [1.29, 1.82) is 0 Å². The SMILES string of the molecule is CC(C)(C)OC(=O)N1C[C@@H](Cc2ccc(-c3ccccc3)cc2)C[C@@H]1C(=O)O. The minimum atomic E-state index is -0.979. The number of amides is 1. The van der Waals surface area contributed by atoms with Gasteiger partial charge in [-0.15, -0.1) is 0 Å². The number of hydrogen-bond acceptors (Lipinski definition) is 3. The number of carboxylic acids is 1. The van der Waals surface area contributed by atoms with Crippen molar-refractivity contribution >= 4 is 12.1 Å². The predicted molar refractivity (Wildman–Crippen MR) is 108 cm³/mol. The molecule has 2 atom stereocenters. The highest BCUT2D eigenvalue weighted by atomic mass is 16.6. The number of carbonyl (C=O) groups is 2. The second-order valence-electron chi connectivity index (χ2n) is 8.36. The van der Waals surface area contributed by atoms with Gasteiger partial charge in [0.1, 0.15) is 11.6 Å². The van der Waals surface area contributed by atoms with E-state index in [1.807, 2.05) is 18.2 Å². The molecule has 1 fully saturated rings. The monoisotopic (exact) mass is 381 g/mol. The minimum absolute atomic E-state index is 0.0937. The highest BCUT2D eigenvalue weighted by Gasteiger charge is 2.41. The molecule has 2 aromatic carbocycles. The summed E-state index contributed by atoms with van der Waals surface area (Å²) in [7, 11) is 0. The van der Waals surface area contributed by atoms with E-state index in [9.17, 15) is 14.7 Å². The molecule has 1 heterocycles. The van der Waals surface area contributed by atoms with Crippen molar-refractivity contribution in [2.75, 3.05) is 6.54 Å². The Morgan fingerprint density at radius 2 is 1.64 bits per heavy atom. The molecular weight excluding hydrogens is 354 g/mol. The molecule has 0 aliphatic carbocycles. The summed E-state index contributed by atoms with van der Waals surface area (Å²) in [6.07, 6.45) is 0.620. The molecule has 1 aliphatic rings. The number of likely N-dealkylation sites (tertiary alicyclic amines) is 1. The Hall–Kier alpha value is -2.82. The number of rotatable bonds is 4. The number of carbonyl (C=O) groups excluding carboxylic acids is 1. The van der Waals surface area contributed by atoms with Crippen molar-refractivity contribution < 1.29 is 19.4 Å². The number of hydrogen-bond donors (Lipinski definition) is 1. The molecule has 0 bridgehead atoms. The smallest absolute Gasteiger partial charge is 0.411 e. The van der Waals surface area contributed by atoms with Gasteiger partial charge in [0, 0.05) is 6.54 Å². The fourth-order valence-electron chi connectivity index (χ4n) is 3.62. The molecule has 148 valence electrons. The van der Waals surface area contributed by atoms with Crippen LogP contribution < -0.4 is 0 Å². The lowest BCUT2D eigenvalue weighted by Crippen LogP contribution is -2.43. The van der Waals surface area contributed by atoms with Crippen molar-refractivity contribution in [3.8, 4) is 11.1 Å². The summed E-state index contributed by atoms with van der Waals surface area (Å²) in [4.78, 5) is 25.4. The Morgan fingerprint density at radius 1 is 1.04 bits per heavy atom. The summed E-state index contributed by atoms with van der Waals surface area (Å²) in [6, 6.07) is 17.7. The summed E-state index contributed by atoms with van der Waals surface area (Å²) in [5.41, 5.74) is 2.80. The first-order chi connectivity index (χ1) is 13.2. The van der Waals surface area contributed by atoms with Crippen LogP contribution in [0.25, 0.3) is 11.1 Å². The summed E-state index contributed by atoms with van der Waals surface area (Å²) in [6.45, 7) is 5.74. The van der Waals surface area contributed by atoms with Crippen LogP contribution in [-0.4, -0.2) is 40.3 Å². The van der Waals surface area contributed by atoms with E-state index in [2.05, 4.69) is 36.4 Å². The normalized spacial score (nSPS) is 19.5. The lowest BCUT2D eigenvalue weighted by atomic mass is 9.95. The van der Waals surface area contributed by atoms with Gasteiger partial charge in [0.25, 0.3) is 0 Å². The van der Waals surface area contributed by atoms with Crippen molar-refractivity contribution in [1.82, 2.24) is 4.90 Å². The zero-order valence-corrected chi connectivity index (χ0v) is 16.6. The third-order valence-electron chi connectivity index (χ3n) is 4.89. The highest BCUT2D eigenvalue weighted by molar-refractivity contribution is 5.81. The van der Waals surface area contributed by atoms with Crippen LogP contribution >= 0.6 is 0 Å². The first-order valence-electron chi connectivity index (χ1n) is 9.60. The van der Waals surface area contributed by atoms with E-state index in [1.54, 1.807) is 20.8 Å². The van der Waals surface area contributed by atoms with E-state index < -0.39 is 23.7 Å². The number of ether oxygens (including phenoxy) is 1. The van der Waals surface area contributed by atoms with Gasteiger partial charge in [-0.25, -0.2) is 9.59 Å². The lowest BCUT2D eigenvalue weighted by molar-refractivity contribution is -0.142. The van der Waals surface area contributed by atoms with Crippen LogP contribution in [0.1, 0.15) is 32.8 Å². The van der Waals surface area contributed by atoms with Gasteiger partial charge in [0.05, 0.1) is 0 Å². The maximum Gasteiger partial charge on any atom is 0.411 e. The molecule has 28 heavy (non-hydrogen) atoms. The van der Waals surface area contributed by atoms with Crippen LogP contribution in [0.4, 0.5) is 4.79 Å². The Labute approximate surface area is 165 Å². The molecular formula is C23H27NO4. The van der Waals surface area contributed by atoms with Crippen LogP contribution in [0.15, 0.2) is 54.6 Å². The molecule has 0 spiro atoms. The van der Waals surface area contributed by atoms with E-state index in [0.29, 0.717) is 13.0 Å². The average Bonchev–Trinajstić information content (AvgIpc) is 3.06. The first kappa shape index (κ1) is 19.9. The van der Waals surface area contributed by atoms with E-state index in [4.69, 9.17) is 4.74 Å². The highest BCUT2D eigenvalue weighted by Crippen LogP contribution is 2.29. The van der Waals surface area contributed by atoms with Gasteiger partial charge in [0.15, 0.2) is 0 Å². The molecule has 1 N–H and O–H groups in total. The topological polar surface area (TPSA) is 66.8 Å². The van der Waals surface area contributed by atoms with E-state index in [1.165, 1.54) is 4.90 Å². The molecule has 3 rings (SSSR count). The van der Waals surface area contributed by atoms with Crippen LogP contribution in [0.2, 0.25) is 0 Å². The van der Waals surface area contributed by atoms with Gasteiger partial charge in [0.2, 0.25) is 0 Å². The minimum Gasteiger partial charge on any atom is -0.480 e. The molecule has 1 saturated heterocycles. The van der Waals surface area contributed by atoms with Gasteiger partial charge in [-0.05, 0) is 56.2 Å². The second kappa shape index (κ2) is 8.05. The van der Waals surface area contributed by atoms with Crippen LogP contribution in [-0.2, 0) is 16.0 Å². The Bertz CT molecular complexity index is 824. The van der Waals surface area contributed by atoms with E-state index in [0.717, 1.165) is 23.1 Å². The molecule has 0 unspecified atom stereocenters. The molecule has 2 aromatic rings. The van der Waals surface area contributed by atoms with Crippen molar-refractivity contribution in [3.05, 3.63) is 60.2 Å². The quantitative estimate of drug-likeness (QED) is 0.840. The number of nitrogens with zero attached hydrogens (tertiary/aromatic N) is 1. The standard InChI is InChI=1S/C23H27NO4/c1-23(2,3)28-22(27)24-15-17(14-20(24)21(25)26)13-16-9-11-19(12-10-16)18-7-5-4-6-8-18/h4-12,17,20H,13-15H2,1-3H3,(H,25,26)/t17-,20+/m0/s1. The largest absolute Gasteiger partial charge is 0.480 e. The van der Waals surface area contributed by atoms with Crippen LogP contribution in [0, 0.1) is 5.92 Å². The number of benzene rings is 2. The molecule has 0 aromatic heterocycles. The maximum absolute atomic E-state index is 12.4. The van der Waals surface area contributed by atoms with E-state index >= 15 is 0 Å². The van der Waals surface area contributed by atoms with E-state index in [-0.39, 0.29) is 5.92 Å². The molecule has 1 amide bonds. The van der Waals surface area contributed by atoms with Gasteiger partial charge in [-0.3, -0.25) is 4.90 Å². The summed E-state index contributed by atoms with van der Waals surface area (Å²) in [5.74, 6) is -0.885. The molecule has 0 radical (unpaired) electrons. The number of carboxylic acid groups (broad SMARTS) is 1. The Morgan fingerprint density at radius 3 is 2.21 bits per heavy atom. The number of aliphatic carboxylic acids is 1. The summed E-state index contributed by atoms with van der Waals surface area (Å²) in [5, 5.41) is 9.53. The zero-order valence-electron chi connectivity index (χ0n) is 16.6. The molecule has 0 saturated carbocycles. The Balaban J connectivity index is 1.67. The van der Waals surface area contributed by atoms with Crippen molar-refractivity contribution in [2.45, 2.75) is 45.3 Å². The molecule has 5 nitrogen and oxygen atoms in total. The summed E-state index contributed by atoms with van der Waals surface area (Å²) < 4.78 is 5.39. The van der Waals surface area contributed by atoms with Gasteiger partial charge in [-0.2, -0.15) is 0 Å². The fourth-order valence-corrected chi connectivity index (χ4v) is 3.62. The fraction of sp³-hybridized carbons (Fsp3) is 0.391. The van der Waals surface area contributed by atoms with Gasteiger partial charge >= 0.3 is 12.1 Å². The van der Waals surface area contributed by atoms with Crippen LogP contribution in [0.3, 0.4) is 0 Å². The lowest BCUT2D eigenvalue weighted by Gasteiger charge is -2.26. The summed E-state index contributed by atoms with van der Waals surface area (Å²) >= 11 is 0. The van der Waals surface area contributed by atoms with Crippen molar-refractivity contribution in [2.24, 2.45) is 5.92 Å². The third-order valence-corrected chi connectivity index (χ3v) is 4.89. The van der Waals surface area contributed by atoms with Crippen molar-refractivity contribution in [3.63, 3.8) is 0 Å². The average molecular weight is 381 g/mol. The predicted octanol–water partition coefficient (Wildman–Crippen LogP) is 4.61. The molecule has 1 aliphatic heterocycles.